The molecule has 1 saturated carbocycles. The van der Waals surface area contributed by atoms with E-state index in [1.54, 1.807) is 0 Å². The number of halogens is 2. The molecule has 3 nitrogen and oxygen atoms in total. The van der Waals surface area contributed by atoms with Gasteiger partial charge in [-0.25, -0.2) is 8.78 Å². The van der Waals surface area contributed by atoms with E-state index in [9.17, 15) is 13.6 Å². The Morgan fingerprint density at radius 2 is 2.20 bits per heavy atom. The number of hydrogen-bond acceptors (Lipinski definition) is 2. The van der Waals surface area contributed by atoms with Crippen LogP contribution >= 0.6 is 0 Å². The fraction of sp³-hybridized carbons (Fsp3) is 0.300. The monoisotopic (exact) mass is 213 g/mol. The van der Waals surface area contributed by atoms with Crippen LogP contribution in [0.15, 0.2) is 18.2 Å². The normalized spacial score (nSPS) is 28.9. The topological polar surface area (TPSA) is 63.3 Å². The molecule has 2 atom stereocenters. The molecule has 2 rings (SSSR count). The van der Waals surface area contributed by atoms with Crippen molar-refractivity contribution in [3.63, 3.8) is 0 Å². The summed E-state index contributed by atoms with van der Waals surface area (Å²) in [7, 11) is 0. The van der Waals surface area contributed by atoms with Gasteiger partial charge in [-0.3, -0.25) is 4.79 Å². The van der Waals surface area contributed by atoms with Crippen LogP contribution in [0, 0.1) is 11.6 Å². The first kappa shape index (κ1) is 10.0. The van der Waals surface area contributed by atoms with Gasteiger partial charge in [0.25, 0.3) is 0 Å². The Balaban J connectivity index is 2.31. The highest BCUT2D eigenvalue weighted by atomic mass is 19.1. The van der Waals surface area contributed by atoms with Gasteiger partial charge < -0.3 is 10.8 Å². The number of hydrogen-bond donors (Lipinski definition) is 2. The molecule has 80 valence electrons. The summed E-state index contributed by atoms with van der Waals surface area (Å²) < 4.78 is 25.9. The average molecular weight is 213 g/mol. The molecule has 3 N–H and O–H groups in total. The van der Waals surface area contributed by atoms with Crippen molar-refractivity contribution in [2.24, 2.45) is 5.73 Å². The second-order valence-electron chi connectivity index (χ2n) is 3.77. The number of benzene rings is 1. The molecule has 0 spiro atoms. The van der Waals surface area contributed by atoms with Crippen LogP contribution in [0.1, 0.15) is 17.9 Å². The van der Waals surface area contributed by atoms with Gasteiger partial charge in [-0.15, -0.1) is 0 Å². The summed E-state index contributed by atoms with van der Waals surface area (Å²) in [6.07, 6.45) is 0.185. The summed E-state index contributed by atoms with van der Waals surface area (Å²) >= 11 is 0. The molecule has 1 aromatic carbocycles. The Kier molecular flexibility index (Phi) is 2.01. The van der Waals surface area contributed by atoms with E-state index in [1.807, 2.05) is 0 Å². The molecule has 0 saturated heterocycles. The van der Waals surface area contributed by atoms with Gasteiger partial charge in [-0.1, -0.05) is 6.07 Å². The quantitative estimate of drug-likeness (QED) is 0.776. The Morgan fingerprint density at radius 1 is 1.53 bits per heavy atom. The molecule has 5 heteroatoms. The summed E-state index contributed by atoms with van der Waals surface area (Å²) in [4.78, 5) is 10.7. The number of nitrogens with two attached hydrogens (primary N) is 1. The van der Waals surface area contributed by atoms with Gasteiger partial charge in [0, 0.05) is 12.0 Å². The summed E-state index contributed by atoms with van der Waals surface area (Å²) in [5, 5.41) is 8.77. The third-order valence-corrected chi connectivity index (χ3v) is 2.74. The maximum absolute atomic E-state index is 13.3. The highest BCUT2D eigenvalue weighted by Crippen LogP contribution is 2.50. The molecule has 1 fully saturated rings. The van der Waals surface area contributed by atoms with E-state index in [2.05, 4.69) is 0 Å². The average Bonchev–Trinajstić information content (AvgIpc) is 2.79. The SMILES string of the molecule is N[C@]1(C(=O)O)C[C@@H]1c1ccc(F)cc1F. The van der Waals surface area contributed by atoms with Gasteiger partial charge in [0.15, 0.2) is 0 Å². The molecule has 0 unspecified atom stereocenters. The molecule has 1 aliphatic rings. The van der Waals surface area contributed by atoms with Gasteiger partial charge in [-0.05, 0) is 18.1 Å². The Labute approximate surface area is 84.5 Å². The minimum atomic E-state index is -1.39. The molecule has 1 aromatic rings. The van der Waals surface area contributed by atoms with Crippen LogP contribution in [-0.4, -0.2) is 16.6 Å². The second-order valence-corrected chi connectivity index (χ2v) is 3.77. The maximum Gasteiger partial charge on any atom is 0.324 e. The van der Waals surface area contributed by atoms with Crippen LogP contribution in [0.4, 0.5) is 8.78 Å². The molecule has 0 radical (unpaired) electrons. The third-order valence-electron chi connectivity index (χ3n) is 2.74. The highest BCUT2D eigenvalue weighted by molar-refractivity contribution is 5.84. The van der Waals surface area contributed by atoms with Crippen LogP contribution in [0.5, 0.6) is 0 Å². The minimum absolute atomic E-state index is 0.168. The Morgan fingerprint density at radius 3 is 2.67 bits per heavy atom. The zero-order chi connectivity index (χ0) is 11.2. The zero-order valence-corrected chi connectivity index (χ0v) is 7.71. The van der Waals surface area contributed by atoms with Crippen LogP contribution < -0.4 is 5.73 Å². The van der Waals surface area contributed by atoms with Crippen LogP contribution in [0.3, 0.4) is 0 Å². The molecule has 0 bridgehead atoms. The van der Waals surface area contributed by atoms with E-state index in [0.717, 1.165) is 12.1 Å². The number of carboxylic acid groups (broad SMARTS) is 1. The molecule has 0 amide bonds. The first-order chi connectivity index (χ1) is 6.95. The van der Waals surface area contributed by atoms with E-state index >= 15 is 0 Å². The maximum atomic E-state index is 13.3. The summed E-state index contributed by atoms with van der Waals surface area (Å²) in [6, 6.07) is 3.07. The number of aliphatic carboxylic acids is 1. The van der Waals surface area contributed by atoms with E-state index in [4.69, 9.17) is 10.8 Å². The fourth-order valence-corrected chi connectivity index (χ4v) is 1.69. The standard InChI is InChI=1S/C10H9F2NO2/c11-5-1-2-6(8(12)3-5)7-4-10(7,13)9(14)15/h1-3,7H,4,13H2,(H,14,15)/t7-,10-/m1/s1. The van der Waals surface area contributed by atoms with Crippen LogP contribution in [-0.2, 0) is 4.79 Å². The van der Waals surface area contributed by atoms with Crippen molar-refractivity contribution in [3.8, 4) is 0 Å². The Bertz CT molecular complexity index is 435. The van der Waals surface area contributed by atoms with Gasteiger partial charge in [0.2, 0.25) is 0 Å². The molecule has 0 heterocycles. The smallest absolute Gasteiger partial charge is 0.324 e. The van der Waals surface area contributed by atoms with Crippen LogP contribution in [0.2, 0.25) is 0 Å². The van der Waals surface area contributed by atoms with Gasteiger partial charge in [0.05, 0.1) is 0 Å². The summed E-state index contributed by atoms with van der Waals surface area (Å²) in [5.74, 6) is -3.14. The zero-order valence-electron chi connectivity index (χ0n) is 7.71. The first-order valence-corrected chi connectivity index (χ1v) is 4.42. The predicted molar refractivity (Wildman–Crippen MR) is 48.3 cm³/mol. The van der Waals surface area contributed by atoms with Gasteiger partial charge in [-0.2, -0.15) is 0 Å². The Hall–Kier alpha value is -1.49. The molecule has 15 heavy (non-hydrogen) atoms. The van der Waals surface area contributed by atoms with Crippen molar-refractivity contribution in [3.05, 3.63) is 35.4 Å². The summed E-state index contributed by atoms with van der Waals surface area (Å²) in [5.41, 5.74) is 4.29. The number of rotatable bonds is 2. The van der Waals surface area contributed by atoms with E-state index in [1.165, 1.54) is 6.07 Å². The largest absolute Gasteiger partial charge is 0.480 e. The molecule has 0 aliphatic heterocycles. The van der Waals surface area contributed by atoms with Crippen molar-refractivity contribution in [2.45, 2.75) is 17.9 Å². The lowest BCUT2D eigenvalue weighted by Gasteiger charge is -2.06. The highest BCUT2D eigenvalue weighted by Gasteiger charge is 2.59. The third kappa shape index (κ3) is 1.48. The number of carbonyl (C=O) groups is 1. The predicted octanol–water partition coefficient (Wildman–Crippen LogP) is 1.23. The lowest BCUT2D eigenvalue weighted by atomic mass is 10.1. The van der Waals surface area contributed by atoms with Crippen molar-refractivity contribution in [1.82, 2.24) is 0 Å². The molecule has 1 aliphatic carbocycles. The second kappa shape index (κ2) is 3.00. The van der Waals surface area contributed by atoms with Crippen molar-refractivity contribution >= 4 is 5.97 Å². The van der Waals surface area contributed by atoms with Gasteiger partial charge in [0.1, 0.15) is 17.2 Å². The van der Waals surface area contributed by atoms with Crippen molar-refractivity contribution in [2.75, 3.05) is 0 Å². The summed E-state index contributed by atoms with van der Waals surface area (Å²) in [6.45, 7) is 0. The lowest BCUT2D eigenvalue weighted by Crippen LogP contribution is -2.34. The fourth-order valence-electron chi connectivity index (χ4n) is 1.69. The van der Waals surface area contributed by atoms with Crippen LogP contribution in [0.25, 0.3) is 0 Å². The molecular weight excluding hydrogens is 204 g/mol. The van der Waals surface area contributed by atoms with Crippen molar-refractivity contribution in [1.29, 1.82) is 0 Å². The van der Waals surface area contributed by atoms with E-state index < -0.39 is 29.1 Å². The van der Waals surface area contributed by atoms with Gasteiger partial charge >= 0.3 is 5.97 Å². The first-order valence-electron chi connectivity index (χ1n) is 4.42. The minimum Gasteiger partial charge on any atom is -0.480 e. The molecular formula is C10H9F2NO2. The van der Waals surface area contributed by atoms with E-state index in [0.29, 0.717) is 0 Å². The molecule has 0 aromatic heterocycles. The lowest BCUT2D eigenvalue weighted by molar-refractivity contribution is -0.139. The van der Waals surface area contributed by atoms with Crippen molar-refractivity contribution < 1.29 is 18.7 Å². The number of carboxylic acids is 1. The van der Waals surface area contributed by atoms with E-state index in [-0.39, 0.29) is 12.0 Å².